The molecule has 0 spiro atoms. The van der Waals surface area contributed by atoms with Crippen molar-refractivity contribution in [1.29, 1.82) is 0 Å². The number of nitrogens with zero attached hydrogens (tertiary/aromatic N) is 1. The third-order valence-electron chi connectivity index (χ3n) is 3.20. The van der Waals surface area contributed by atoms with Gasteiger partial charge in [0, 0.05) is 25.4 Å². The lowest BCUT2D eigenvalue weighted by molar-refractivity contribution is 0.439. The Morgan fingerprint density at radius 2 is 2.18 bits per heavy atom. The molecule has 17 heavy (non-hydrogen) atoms. The second kappa shape index (κ2) is 6.87. The van der Waals surface area contributed by atoms with Crippen molar-refractivity contribution < 1.29 is 0 Å². The number of hydrogen-bond donors (Lipinski definition) is 1. The predicted molar refractivity (Wildman–Crippen MR) is 73.6 cm³/mol. The summed E-state index contributed by atoms with van der Waals surface area (Å²) in [7, 11) is 0. The summed E-state index contributed by atoms with van der Waals surface area (Å²) in [5, 5.41) is 3.46. The van der Waals surface area contributed by atoms with Crippen LogP contribution in [0.5, 0.6) is 0 Å². The summed E-state index contributed by atoms with van der Waals surface area (Å²) in [6, 6.07) is 5.30. The van der Waals surface area contributed by atoms with E-state index in [1.165, 1.54) is 24.3 Å². The maximum absolute atomic E-state index is 11.4. The first-order chi connectivity index (χ1) is 8.36. The van der Waals surface area contributed by atoms with Crippen LogP contribution in [0.1, 0.15) is 12.8 Å². The van der Waals surface area contributed by atoms with E-state index in [1.54, 1.807) is 16.7 Å². The molecule has 0 aromatic carbocycles. The van der Waals surface area contributed by atoms with E-state index in [2.05, 4.69) is 17.1 Å². The number of thioether (sulfide) groups is 1. The van der Waals surface area contributed by atoms with Crippen LogP contribution in [0, 0.1) is 5.92 Å². The minimum Gasteiger partial charge on any atom is -0.315 e. The van der Waals surface area contributed by atoms with Gasteiger partial charge in [-0.05, 0) is 42.9 Å². The number of aromatic nitrogens is 1. The van der Waals surface area contributed by atoms with E-state index in [0.29, 0.717) is 0 Å². The fourth-order valence-electron chi connectivity index (χ4n) is 2.10. The van der Waals surface area contributed by atoms with Crippen molar-refractivity contribution in [2.45, 2.75) is 19.4 Å². The zero-order valence-corrected chi connectivity index (χ0v) is 10.9. The summed E-state index contributed by atoms with van der Waals surface area (Å²) >= 11 is 2.06. The average molecular weight is 252 g/mol. The molecule has 0 bridgehead atoms. The largest absolute Gasteiger partial charge is 0.315 e. The van der Waals surface area contributed by atoms with Crippen LogP contribution in [-0.4, -0.2) is 29.2 Å². The summed E-state index contributed by atoms with van der Waals surface area (Å²) in [5.41, 5.74) is 0.0865. The summed E-state index contributed by atoms with van der Waals surface area (Å²) in [4.78, 5) is 11.4. The molecule has 0 aliphatic carbocycles. The molecule has 1 N–H and O–H groups in total. The molecule has 2 rings (SSSR count). The third kappa shape index (κ3) is 4.21. The van der Waals surface area contributed by atoms with Gasteiger partial charge in [0.25, 0.3) is 5.56 Å². The minimum atomic E-state index is 0.0865. The summed E-state index contributed by atoms with van der Waals surface area (Å²) in [6.07, 6.45) is 4.52. The molecule has 1 fully saturated rings. The van der Waals surface area contributed by atoms with Crippen molar-refractivity contribution in [3.63, 3.8) is 0 Å². The Labute approximate surface area is 107 Å². The second-order valence-electron chi connectivity index (χ2n) is 4.49. The number of hydrogen-bond acceptors (Lipinski definition) is 3. The van der Waals surface area contributed by atoms with Crippen molar-refractivity contribution in [2.75, 3.05) is 24.6 Å². The zero-order chi connectivity index (χ0) is 11.9. The Hall–Kier alpha value is -0.740. The first-order valence-electron chi connectivity index (χ1n) is 6.30. The van der Waals surface area contributed by atoms with Gasteiger partial charge >= 0.3 is 0 Å². The Kier molecular flexibility index (Phi) is 5.13. The van der Waals surface area contributed by atoms with Gasteiger partial charge in [-0.15, -0.1) is 0 Å². The molecule has 0 atom stereocenters. The molecule has 1 aromatic rings. The lowest BCUT2D eigenvalue weighted by Crippen LogP contribution is -2.30. The molecule has 94 valence electrons. The van der Waals surface area contributed by atoms with Crippen molar-refractivity contribution in [3.05, 3.63) is 34.7 Å². The molecule has 1 aliphatic rings. The van der Waals surface area contributed by atoms with Crippen LogP contribution in [0.25, 0.3) is 0 Å². The van der Waals surface area contributed by atoms with Gasteiger partial charge in [-0.1, -0.05) is 6.07 Å². The fourth-order valence-corrected chi connectivity index (χ4v) is 3.31. The molecule has 3 nitrogen and oxygen atoms in total. The number of pyridine rings is 1. The Morgan fingerprint density at radius 1 is 1.35 bits per heavy atom. The average Bonchev–Trinajstić information content (AvgIpc) is 2.38. The Balaban J connectivity index is 1.66. The first-order valence-corrected chi connectivity index (χ1v) is 7.45. The van der Waals surface area contributed by atoms with E-state index < -0.39 is 0 Å². The molecular formula is C13H20N2OS. The van der Waals surface area contributed by atoms with E-state index in [0.717, 1.165) is 25.6 Å². The van der Waals surface area contributed by atoms with Gasteiger partial charge in [0.05, 0.1) is 0 Å². The van der Waals surface area contributed by atoms with Crippen LogP contribution in [-0.2, 0) is 6.54 Å². The third-order valence-corrected chi connectivity index (χ3v) is 4.25. The monoisotopic (exact) mass is 252 g/mol. The summed E-state index contributed by atoms with van der Waals surface area (Å²) in [5.74, 6) is 3.46. The van der Waals surface area contributed by atoms with Crippen LogP contribution in [0.4, 0.5) is 0 Å². The topological polar surface area (TPSA) is 34.0 Å². The van der Waals surface area contributed by atoms with Crippen molar-refractivity contribution in [1.82, 2.24) is 9.88 Å². The minimum absolute atomic E-state index is 0.0865. The van der Waals surface area contributed by atoms with E-state index >= 15 is 0 Å². The maximum atomic E-state index is 11.4. The maximum Gasteiger partial charge on any atom is 0.250 e. The van der Waals surface area contributed by atoms with E-state index in [-0.39, 0.29) is 5.56 Å². The molecular weight excluding hydrogens is 232 g/mol. The van der Waals surface area contributed by atoms with Gasteiger partial charge < -0.3 is 9.88 Å². The Morgan fingerprint density at radius 3 is 2.94 bits per heavy atom. The highest BCUT2D eigenvalue weighted by Gasteiger charge is 2.12. The van der Waals surface area contributed by atoms with Crippen LogP contribution in [0.3, 0.4) is 0 Å². The van der Waals surface area contributed by atoms with Crippen molar-refractivity contribution >= 4 is 11.8 Å². The van der Waals surface area contributed by atoms with E-state index in [1.807, 2.05) is 12.3 Å². The van der Waals surface area contributed by atoms with Crippen molar-refractivity contribution in [2.24, 2.45) is 5.92 Å². The lowest BCUT2D eigenvalue weighted by atomic mass is 10.0. The lowest BCUT2D eigenvalue weighted by Gasteiger charge is -2.21. The van der Waals surface area contributed by atoms with Gasteiger partial charge in [-0.2, -0.15) is 11.8 Å². The fraction of sp³-hybridized carbons (Fsp3) is 0.615. The molecule has 2 heterocycles. The molecule has 0 amide bonds. The SMILES string of the molecule is O=c1ccccn1CCNCC1CCSCC1. The van der Waals surface area contributed by atoms with Crippen LogP contribution < -0.4 is 10.9 Å². The second-order valence-corrected chi connectivity index (χ2v) is 5.72. The van der Waals surface area contributed by atoms with Crippen LogP contribution >= 0.6 is 11.8 Å². The standard InChI is InChI=1S/C13H20N2OS/c16-13-3-1-2-7-15(13)8-6-14-11-12-4-9-17-10-5-12/h1-3,7,12,14H,4-6,8-11H2. The van der Waals surface area contributed by atoms with Crippen LogP contribution in [0.2, 0.25) is 0 Å². The number of rotatable bonds is 5. The predicted octanol–water partition coefficient (Wildman–Crippen LogP) is 1.58. The molecule has 1 saturated heterocycles. The summed E-state index contributed by atoms with van der Waals surface area (Å²) in [6.45, 7) is 2.75. The van der Waals surface area contributed by atoms with Gasteiger partial charge in [-0.3, -0.25) is 4.79 Å². The van der Waals surface area contributed by atoms with Gasteiger partial charge in [0.15, 0.2) is 0 Å². The molecule has 0 saturated carbocycles. The van der Waals surface area contributed by atoms with Gasteiger partial charge in [-0.25, -0.2) is 0 Å². The normalized spacial score (nSPS) is 17.2. The smallest absolute Gasteiger partial charge is 0.250 e. The quantitative estimate of drug-likeness (QED) is 0.808. The van der Waals surface area contributed by atoms with E-state index in [9.17, 15) is 4.79 Å². The summed E-state index contributed by atoms with van der Waals surface area (Å²) < 4.78 is 1.75. The molecule has 4 heteroatoms. The molecule has 0 radical (unpaired) electrons. The van der Waals surface area contributed by atoms with Crippen molar-refractivity contribution in [3.8, 4) is 0 Å². The van der Waals surface area contributed by atoms with Gasteiger partial charge in [0.2, 0.25) is 0 Å². The highest BCUT2D eigenvalue weighted by Crippen LogP contribution is 2.21. The highest BCUT2D eigenvalue weighted by molar-refractivity contribution is 7.99. The van der Waals surface area contributed by atoms with Gasteiger partial charge in [0.1, 0.15) is 0 Å². The Bertz CT molecular complexity index is 385. The van der Waals surface area contributed by atoms with Crippen LogP contribution in [0.15, 0.2) is 29.2 Å². The molecule has 0 unspecified atom stereocenters. The van der Waals surface area contributed by atoms with E-state index in [4.69, 9.17) is 0 Å². The zero-order valence-electron chi connectivity index (χ0n) is 10.1. The first kappa shape index (κ1) is 12.7. The molecule has 1 aliphatic heterocycles. The highest BCUT2D eigenvalue weighted by atomic mass is 32.2. The number of nitrogens with one attached hydrogen (secondary N) is 1. The molecule has 1 aromatic heterocycles.